The van der Waals surface area contributed by atoms with Crippen LogP contribution in [0.15, 0.2) is 0 Å². The molecule has 1 atom stereocenters. The van der Waals surface area contributed by atoms with Gasteiger partial charge in [-0.15, -0.1) is 0 Å². The predicted molar refractivity (Wildman–Crippen MR) is 153 cm³/mol. The monoisotopic (exact) mass is 486 g/mol. The Bertz CT molecular complexity index is 531. The molecule has 3 rings (SSSR count). The number of hydrogen-bond donors (Lipinski definition) is 0. The van der Waals surface area contributed by atoms with Crippen LogP contribution in [0, 0.1) is 35.0 Å². The summed E-state index contributed by atoms with van der Waals surface area (Å²) >= 11 is 0. The second-order valence-corrected chi connectivity index (χ2v) is 13.4. The summed E-state index contributed by atoms with van der Waals surface area (Å²) in [5, 5.41) is 0. The van der Waals surface area contributed by atoms with E-state index in [2.05, 4.69) is 13.8 Å². The summed E-state index contributed by atoms with van der Waals surface area (Å²) in [6.45, 7) is 4.63. The van der Waals surface area contributed by atoms with E-state index in [0.717, 1.165) is 17.8 Å². The molecule has 0 saturated heterocycles. The lowest BCUT2D eigenvalue weighted by Crippen LogP contribution is -2.46. The lowest BCUT2D eigenvalue weighted by atomic mass is 9.51. The maximum Gasteiger partial charge on any atom is 0.123 e. The van der Waals surface area contributed by atoms with Gasteiger partial charge in [0.1, 0.15) is 6.29 Å². The summed E-state index contributed by atoms with van der Waals surface area (Å²) in [6, 6.07) is 0. The van der Waals surface area contributed by atoms with Gasteiger partial charge in [-0.2, -0.15) is 0 Å². The molecule has 3 fully saturated rings. The molecule has 0 aromatic heterocycles. The smallest absolute Gasteiger partial charge is 0.123 e. The number of hydrogen-bond acceptors (Lipinski definition) is 1. The maximum atomic E-state index is 12.9. The van der Waals surface area contributed by atoms with Crippen molar-refractivity contribution in [1.29, 1.82) is 0 Å². The van der Waals surface area contributed by atoms with Gasteiger partial charge in [0, 0.05) is 5.92 Å². The normalized spacial score (nSPS) is 31.3. The fraction of sp³-hybridized carbons (Fsp3) is 0.971. The van der Waals surface area contributed by atoms with Crippen molar-refractivity contribution in [2.75, 3.05) is 0 Å². The summed E-state index contributed by atoms with van der Waals surface area (Å²) in [5.74, 6) is 3.80. The lowest BCUT2D eigenvalue weighted by molar-refractivity contribution is -0.125. The molecule has 1 heteroatoms. The van der Waals surface area contributed by atoms with E-state index in [-0.39, 0.29) is 0 Å². The van der Waals surface area contributed by atoms with Crippen LogP contribution in [0.3, 0.4) is 0 Å². The molecule has 0 aromatic carbocycles. The van der Waals surface area contributed by atoms with E-state index >= 15 is 0 Å². The Morgan fingerprint density at radius 1 is 0.629 bits per heavy atom. The molecule has 1 unspecified atom stereocenters. The van der Waals surface area contributed by atoms with Crippen LogP contribution in [0.4, 0.5) is 0 Å². The van der Waals surface area contributed by atoms with Gasteiger partial charge in [-0.1, -0.05) is 123 Å². The predicted octanol–water partition coefficient (Wildman–Crippen LogP) is 11.1. The number of carbonyl (C=O) groups excluding carboxylic acids is 1. The van der Waals surface area contributed by atoms with Crippen LogP contribution in [0.5, 0.6) is 0 Å². The van der Waals surface area contributed by atoms with Crippen LogP contribution in [0.25, 0.3) is 0 Å². The molecule has 0 amide bonds. The summed E-state index contributed by atoms with van der Waals surface area (Å²) < 4.78 is 0. The fourth-order valence-corrected chi connectivity index (χ4v) is 8.82. The Balaban J connectivity index is 1.54. The largest absolute Gasteiger partial charge is 0.303 e. The van der Waals surface area contributed by atoms with Gasteiger partial charge in [-0.3, -0.25) is 0 Å². The van der Waals surface area contributed by atoms with Crippen molar-refractivity contribution in [3.8, 4) is 0 Å². The van der Waals surface area contributed by atoms with E-state index in [1.54, 1.807) is 0 Å². The zero-order valence-electron chi connectivity index (χ0n) is 24.1. The summed E-state index contributed by atoms with van der Waals surface area (Å²) in [5.41, 5.74) is 0.360. The second-order valence-electron chi connectivity index (χ2n) is 13.4. The van der Waals surface area contributed by atoms with Crippen molar-refractivity contribution in [2.24, 2.45) is 35.0 Å². The first-order valence-corrected chi connectivity index (χ1v) is 16.7. The Kier molecular flexibility index (Phi) is 13.8. The Morgan fingerprint density at radius 3 is 1.66 bits per heavy atom. The van der Waals surface area contributed by atoms with Gasteiger partial charge >= 0.3 is 0 Å². The number of rotatable bonds is 16. The van der Waals surface area contributed by atoms with Crippen LogP contribution in [0.2, 0.25) is 0 Å². The summed E-state index contributed by atoms with van der Waals surface area (Å²) in [6.07, 6.45) is 36.8. The molecule has 1 nitrogen and oxygen atoms in total. The van der Waals surface area contributed by atoms with Gasteiger partial charge in [-0.25, -0.2) is 0 Å². The average molecular weight is 487 g/mol. The van der Waals surface area contributed by atoms with Crippen LogP contribution in [0.1, 0.15) is 174 Å². The lowest BCUT2D eigenvalue weighted by Gasteiger charge is -2.53. The van der Waals surface area contributed by atoms with Crippen LogP contribution < -0.4 is 0 Å². The molecule has 0 bridgehead atoms. The third kappa shape index (κ3) is 8.88. The molecule has 204 valence electrons. The van der Waals surface area contributed by atoms with Gasteiger partial charge < -0.3 is 4.79 Å². The molecule has 0 N–H and O–H groups in total. The quantitative estimate of drug-likeness (QED) is 0.156. The van der Waals surface area contributed by atoms with Gasteiger partial charge in [0.15, 0.2) is 0 Å². The minimum Gasteiger partial charge on any atom is -0.303 e. The molecule has 0 spiro atoms. The van der Waals surface area contributed by atoms with E-state index < -0.39 is 0 Å². The van der Waals surface area contributed by atoms with Gasteiger partial charge in [0.2, 0.25) is 0 Å². The topological polar surface area (TPSA) is 17.1 Å². The summed E-state index contributed by atoms with van der Waals surface area (Å²) in [4.78, 5) is 12.9. The molecule has 0 heterocycles. The number of unbranched alkanes of at least 4 members (excludes halogenated alkanes) is 8. The molecule has 0 radical (unpaired) electrons. The van der Waals surface area contributed by atoms with Gasteiger partial charge in [-0.05, 0) is 80.5 Å². The number of carbonyl (C=O) groups is 1. The first kappa shape index (κ1) is 29.2. The van der Waals surface area contributed by atoms with E-state index in [4.69, 9.17) is 0 Å². The molecule has 3 aliphatic carbocycles. The first-order valence-electron chi connectivity index (χ1n) is 16.7. The van der Waals surface area contributed by atoms with Crippen LogP contribution >= 0.6 is 0 Å². The third-order valence-corrected chi connectivity index (χ3v) is 11.1. The maximum absolute atomic E-state index is 12.9. The minimum atomic E-state index is 0.360. The first-order chi connectivity index (χ1) is 17.2. The van der Waals surface area contributed by atoms with Crippen molar-refractivity contribution in [2.45, 2.75) is 174 Å². The highest BCUT2D eigenvalue weighted by molar-refractivity contribution is 5.56. The van der Waals surface area contributed by atoms with Crippen molar-refractivity contribution >= 4 is 6.29 Å². The van der Waals surface area contributed by atoms with Crippen molar-refractivity contribution in [3.63, 3.8) is 0 Å². The standard InChI is InChI=1S/C34H62O/c1-3-5-7-9-12-16-29-20-22-31(23-21-29)33(28-35)34(32-18-14-11-15-19-32)26-24-30(25-27-34)17-13-10-8-6-4-2/h28-33H,3-27H2,1-2H3. The second kappa shape index (κ2) is 16.5. The molecule has 3 aliphatic rings. The molecular weight excluding hydrogens is 424 g/mol. The van der Waals surface area contributed by atoms with Crippen LogP contribution in [-0.2, 0) is 4.79 Å². The van der Waals surface area contributed by atoms with Crippen LogP contribution in [-0.4, -0.2) is 6.29 Å². The van der Waals surface area contributed by atoms with Crippen molar-refractivity contribution in [1.82, 2.24) is 0 Å². The third-order valence-electron chi connectivity index (χ3n) is 11.1. The molecule has 0 aromatic rings. The molecule has 0 aliphatic heterocycles. The van der Waals surface area contributed by atoms with Crippen molar-refractivity contribution < 1.29 is 4.79 Å². The van der Waals surface area contributed by atoms with E-state index in [1.165, 1.54) is 167 Å². The number of aldehydes is 1. The zero-order valence-corrected chi connectivity index (χ0v) is 24.1. The highest BCUT2D eigenvalue weighted by Gasteiger charge is 2.49. The van der Waals surface area contributed by atoms with Gasteiger partial charge in [0.05, 0.1) is 0 Å². The molecule has 35 heavy (non-hydrogen) atoms. The highest BCUT2D eigenvalue weighted by atomic mass is 16.1. The Hall–Kier alpha value is -0.330. The Morgan fingerprint density at radius 2 is 1.14 bits per heavy atom. The van der Waals surface area contributed by atoms with E-state index in [1.807, 2.05) is 0 Å². The molecular formula is C34H62O. The highest BCUT2D eigenvalue weighted by Crippen LogP contribution is 2.57. The summed E-state index contributed by atoms with van der Waals surface area (Å²) in [7, 11) is 0. The minimum absolute atomic E-state index is 0.360. The van der Waals surface area contributed by atoms with Crippen molar-refractivity contribution in [3.05, 3.63) is 0 Å². The molecule has 3 saturated carbocycles. The Labute approximate surface area is 220 Å². The van der Waals surface area contributed by atoms with E-state index in [9.17, 15) is 4.79 Å². The SMILES string of the molecule is CCCCCCCC1CCC(C(C=O)C2(C3CCCCC3)CCC(CCCCCCC)CC2)CC1. The average Bonchev–Trinajstić information content (AvgIpc) is 2.91. The fourth-order valence-electron chi connectivity index (χ4n) is 8.82. The van der Waals surface area contributed by atoms with Gasteiger partial charge in [0.25, 0.3) is 0 Å². The zero-order chi connectivity index (χ0) is 24.8. The van der Waals surface area contributed by atoms with E-state index in [0.29, 0.717) is 17.3 Å².